The summed E-state index contributed by atoms with van der Waals surface area (Å²) in [6.07, 6.45) is 14.4. The molecule has 0 aromatic heterocycles. The van der Waals surface area contributed by atoms with Crippen LogP contribution in [0.2, 0.25) is 0 Å². The Kier molecular flexibility index (Phi) is 5.96. The normalized spacial score (nSPS) is 34.1. The second-order valence-electron chi connectivity index (χ2n) is 6.18. The first-order valence-electron chi connectivity index (χ1n) is 6.60. The lowest BCUT2D eigenvalue weighted by Crippen LogP contribution is -2.23. The Balaban J connectivity index is 2.68. The van der Waals surface area contributed by atoms with Gasteiger partial charge in [0.2, 0.25) is 0 Å². The van der Waals surface area contributed by atoms with Crippen LogP contribution in [-0.4, -0.2) is 47.9 Å². The zero-order valence-electron chi connectivity index (χ0n) is 11.9. The molecule has 1 aliphatic rings. The van der Waals surface area contributed by atoms with Crippen molar-refractivity contribution in [2.75, 3.05) is 37.7 Å². The molecule has 0 amide bonds. The van der Waals surface area contributed by atoms with E-state index in [1.165, 1.54) is 0 Å². The Bertz CT molecular complexity index is 293. The average molecular weight is 272 g/mol. The largest absolute Gasteiger partial charge is 0.396 e. The van der Waals surface area contributed by atoms with Gasteiger partial charge in [0, 0.05) is 13.2 Å². The maximum atomic E-state index is 9.54. The van der Waals surface area contributed by atoms with E-state index in [1.807, 2.05) is 6.08 Å². The van der Waals surface area contributed by atoms with E-state index in [-0.39, 0.29) is 25.0 Å². The molecular formula is C15H28O2S. The van der Waals surface area contributed by atoms with Crippen LogP contribution in [0.5, 0.6) is 0 Å². The smallest absolute Gasteiger partial charge is 0.0468 e. The van der Waals surface area contributed by atoms with Gasteiger partial charge in [-0.1, -0.05) is 18.2 Å². The lowest BCUT2D eigenvalue weighted by atomic mass is 9.88. The zero-order valence-corrected chi connectivity index (χ0v) is 12.7. The first-order chi connectivity index (χ1) is 8.42. The second kappa shape index (κ2) is 6.78. The molecule has 0 bridgehead atoms. The highest BCUT2D eigenvalue weighted by Gasteiger charge is 2.39. The minimum Gasteiger partial charge on any atom is -0.396 e. The molecule has 18 heavy (non-hydrogen) atoms. The van der Waals surface area contributed by atoms with Gasteiger partial charge >= 0.3 is 0 Å². The Labute approximate surface area is 113 Å². The standard InChI is InChI=1S/C15H28O2S/c1-5-12-9-13(7-6-8-18(2,3)4)15(11-17)14(12)10-16/h5-7,12-17H,1,8-11H2,2-4H3/b7-6-/t12-,13+,14+,15-/m1/s1. The molecule has 0 heterocycles. The predicted octanol–water partition coefficient (Wildman–Crippen LogP) is 2.28. The molecule has 1 aliphatic carbocycles. The maximum absolute atomic E-state index is 9.54. The molecule has 106 valence electrons. The molecule has 0 saturated heterocycles. The van der Waals surface area contributed by atoms with E-state index in [9.17, 15) is 10.2 Å². The summed E-state index contributed by atoms with van der Waals surface area (Å²) in [5.74, 6) is 2.21. The fraction of sp³-hybridized carbons (Fsp3) is 0.733. The second-order valence-corrected chi connectivity index (χ2v) is 10.7. The number of hydrogen-bond donors (Lipinski definition) is 2. The van der Waals surface area contributed by atoms with E-state index in [1.54, 1.807) is 0 Å². The van der Waals surface area contributed by atoms with Gasteiger partial charge in [-0.2, -0.15) is 0 Å². The van der Waals surface area contributed by atoms with Gasteiger partial charge < -0.3 is 10.2 Å². The summed E-state index contributed by atoms with van der Waals surface area (Å²) in [7, 11) is -0.497. The van der Waals surface area contributed by atoms with Crippen LogP contribution in [0.1, 0.15) is 6.42 Å². The molecule has 0 spiro atoms. The fourth-order valence-electron chi connectivity index (χ4n) is 2.85. The third-order valence-electron chi connectivity index (χ3n) is 3.90. The van der Waals surface area contributed by atoms with Gasteiger partial charge in [-0.15, -0.1) is 6.58 Å². The van der Waals surface area contributed by atoms with E-state index in [2.05, 4.69) is 37.5 Å². The molecule has 0 unspecified atom stereocenters. The SMILES string of the molecule is C=C[C@@H]1C[C@H](/C=C\CS(C)(C)C)[C@@H](CO)[C@H]1CO. The zero-order chi connectivity index (χ0) is 13.8. The molecule has 1 saturated carbocycles. The topological polar surface area (TPSA) is 40.5 Å². The highest BCUT2D eigenvalue weighted by atomic mass is 32.3. The van der Waals surface area contributed by atoms with Gasteiger partial charge in [0.05, 0.1) is 0 Å². The number of rotatable bonds is 6. The Morgan fingerprint density at radius 2 is 1.67 bits per heavy atom. The summed E-state index contributed by atoms with van der Waals surface area (Å²) in [6, 6.07) is 0. The average Bonchev–Trinajstić information content (AvgIpc) is 2.64. The van der Waals surface area contributed by atoms with Gasteiger partial charge in [0.25, 0.3) is 0 Å². The summed E-state index contributed by atoms with van der Waals surface area (Å²) in [6.45, 7) is 4.16. The summed E-state index contributed by atoms with van der Waals surface area (Å²) in [5.41, 5.74) is 0. The van der Waals surface area contributed by atoms with Crippen LogP contribution in [0.3, 0.4) is 0 Å². The lowest BCUT2D eigenvalue weighted by molar-refractivity contribution is 0.117. The third kappa shape index (κ3) is 4.15. The third-order valence-corrected chi connectivity index (χ3v) is 5.09. The van der Waals surface area contributed by atoms with Crippen LogP contribution >= 0.6 is 10.0 Å². The summed E-state index contributed by atoms with van der Waals surface area (Å²) in [4.78, 5) is 0. The number of hydrogen-bond acceptors (Lipinski definition) is 2. The number of aliphatic hydroxyl groups is 2. The van der Waals surface area contributed by atoms with E-state index in [4.69, 9.17) is 0 Å². The number of aliphatic hydroxyl groups excluding tert-OH is 2. The van der Waals surface area contributed by atoms with E-state index in [0.717, 1.165) is 12.2 Å². The molecule has 0 aromatic rings. The minimum atomic E-state index is -0.497. The van der Waals surface area contributed by atoms with Gasteiger partial charge in [-0.25, -0.2) is 10.0 Å². The van der Waals surface area contributed by atoms with Gasteiger partial charge in [0.1, 0.15) is 0 Å². The molecule has 0 aliphatic heterocycles. The van der Waals surface area contributed by atoms with Gasteiger partial charge in [-0.05, 0) is 54.6 Å². The Morgan fingerprint density at radius 3 is 2.11 bits per heavy atom. The number of allylic oxidation sites excluding steroid dienone is 2. The molecule has 0 aromatic carbocycles. The highest BCUT2D eigenvalue weighted by molar-refractivity contribution is 8.32. The van der Waals surface area contributed by atoms with Crippen molar-refractivity contribution in [1.29, 1.82) is 0 Å². The molecular weight excluding hydrogens is 244 g/mol. The van der Waals surface area contributed by atoms with Crippen molar-refractivity contribution < 1.29 is 10.2 Å². The molecule has 2 nitrogen and oxygen atoms in total. The van der Waals surface area contributed by atoms with Crippen LogP contribution in [0.25, 0.3) is 0 Å². The quantitative estimate of drug-likeness (QED) is 0.728. The van der Waals surface area contributed by atoms with Gasteiger partial charge in [0.15, 0.2) is 0 Å². The predicted molar refractivity (Wildman–Crippen MR) is 82.3 cm³/mol. The van der Waals surface area contributed by atoms with Crippen molar-refractivity contribution in [3.8, 4) is 0 Å². The van der Waals surface area contributed by atoms with Gasteiger partial charge in [-0.3, -0.25) is 0 Å². The molecule has 4 atom stereocenters. The van der Waals surface area contributed by atoms with Crippen LogP contribution in [-0.2, 0) is 0 Å². The summed E-state index contributed by atoms with van der Waals surface area (Å²) >= 11 is 0. The molecule has 3 heteroatoms. The molecule has 1 fully saturated rings. The Hall–Kier alpha value is -0.250. The van der Waals surface area contributed by atoms with E-state index in [0.29, 0.717) is 11.8 Å². The minimum absolute atomic E-state index is 0.150. The first kappa shape index (κ1) is 15.8. The molecule has 2 N–H and O–H groups in total. The van der Waals surface area contributed by atoms with E-state index < -0.39 is 10.0 Å². The van der Waals surface area contributed by atoms with Crippen molar-refractivity contribution in [2.24, 2.45) is 23.7 Å². The van der Waals surface area contributed by atoms with Crippen LogP contribution in [0.15, 0.2) is 24.8 Å². The van der Waals surface area contributed by atoms with Crippen molar-refractivity contribution in [1.82, 2.24) is 0 Å². The van der Waals surface area contributed by atoms with Crippen molar-refractivity contribution in [3.05, 3.63) is 24.8 Å². The maximum Gasteiger partial charge on any atom is 0.0468 e. The molecule has 1 rings (SSSR count). The van der Waals surface area contributed by atoms with Crippen molar-refractivity contribution in [3.63, 3.8) is 0 Å². The lowest BCUT2D eigenvalue weighted by Gasteiger charge is -2.24. The van der Waals surface area contributed by atoms with Crippen molar-refractivity contribution in [2.45, 2.75) is 6.42 Å². The summed E-state index contributed by atoms with van der Waals surface area (Å²) < 4.78 is 0. The van der Waals surface area contributed by atoms with Crippen molar-refractivity contribution >= 4 is 10.0 Å². The van der Waals surface area contributed by atoms with E-state index >= 15 is 0 Å². The highest BCUT2D eigenvalue weighted by Crippen LogP contribution is 2.43. The van der Waals surface area contributed by atoms with Crippen LogP contribution in [0, 0.1) is 23.7 Å². The first-order valence-corrected chi connectivity index (χ1v) is 9.62. The molecule has 0 radical (unpaired) electrons. The van der Waals surface area contributed by atoms with Crippen LogP contribution in [0.4, 0.5) is 0 Å². The Morgan fingerprint density at radius 1 is 1.11 bits per heavy atom. The fourth-order valence-corrected chi connectivity index (χ4v) is 3.54. The monoisotopic (exact) mass is 272 g/mol. The summed E-state index contributed by atoms with van der Waals surface area (Å²) in [5, 5.41) is 19.0. The van der Waals surface area contributed by atoms with Crippen LogP contribution < -0.4 is 0 Å².